The molecule has 0 aliphatic carbocycles. The van der Waals surface area contributed by atoms with Crippen molar-refractivity contribution in [2.24, 2.45) is 0 Å². The Bertz CT molecular complexity index is 558. The fourth-order valence-electron chi connectivity index (χ4n) is 2.89. The second-order valence-corrected chi connectivity index (χ2v) is 5.20. The molecule has 1 aromatic rings. The molecule has 2 rings (SSSR count). The molecule has 6 heteroatoms. The number of fused-ring (bicyclic) bond motifs is 1. The molecule has 122 valence electrons. The van der Waals surface area contributed by atoms with Crippen molar-refractivity contribution in [3.8, 4) is 17.2 Å². The number of hydrogen-bond acceptors (Lipinski definition) is 6. The minimum absolute atomic E-state index is 0.226. The van der Waals surface area contributed by atoms with E-state index in [0.717, 1.165) is 24.1 Å². The van der Waals surface area contributed by atoms with E-state index < -0.39 is 0 Å². The Kier molecular flexibility index (Phi) is 5.13. The van der Waals surface area contributed by atoms with Crippen molar-refractivity contribution >= 4 is 5.97 Å². The van der Waals surface area contributed by atoms with E-state index in [4.69, 9.17) is 18.9 Å². The summed E-state index contributed by atoms with van der Waals surface area (Å²) in [7, 11) is 6.23. The van der Waals surface area contributed by atoms with Gasteiger partial charge in [0.2, 0.25) is 5.75 Å². The number of methoxy groups -OCH3 is 4. The summed E-state index contributed by atoms with van der Waals surface area (Å²) in [6.07, 6.45) is 0.778. The van der Waals surface area contributed by atoms with Gasteiger partial charge in [-0.25, -0.2) is 0 Å². The van der Waals surface area contributed by atoms with E-state index in [0.29, 0.717) is 23.8 Å². The summed E-state index contributed by atoms with van der Waals surface area (Å²) in [4.78, 5) is 13.8. The van der Waals surface area contributed by atoms with Gasteiger partial charge in [0, 0.05) is 18.7 Å². The van der Waals surface area contributed by atoms with Gasteiger partial charge in [-0.2, -0.15) is 0 Å². The number of esters is 1. The molecule has 1 aliphatic heterocycles. The van der Waals surface area contributed by atoms with Crippen LogP contribution in [0.1, 0.15) is 18.1 Å². The van der Waals surface area contributed by atoms with E-state index in [1.165, 1.54) is 7.11 Å². The number of carbonyl (C=O) groups excluding carboxylic acids is 1. The first-order chi connectivity index (χ1) is 10.6. The van der Waals surface area contributed by atoms with E-state index >= 15 is 0 Å². The molecule has 1 aromatic carbocycles. The highest BCUT2D eigenvalue weighted by Gasteiger charge is 2.30. The van der Waals surface area contributed by atoms with Crippen LogP contribution in [0.3, 0.4) is 0 Å². The first kappa shape index (κ1) is 16.4. The van der Waals surface area contributed by atoms with Crippen LogP contribution in [0.2, 0.25) is 0 Å². The Labute approximate surface area is 130 Å². The zero-order chi connectivity index (χ0) is 16.3. The predicted molar refractivity (Wildman–Crippen MR) is 81.7 cm³/mol. The highest BCUT2D eigenvalue weighted by molar-refractivity contribution is 5.75. The largest absolute Gasteiger partial charge is 0.493 e. The highest BCUT2D eigenvalue weighted by atomic mass is 16.5. The van der Waals surface area contributed by atoms with Crippen LogP contribution < -0.4 is 14.2 Å². The first-order valence-electron chi connectivity index (χ1n) is 7.19. The summed E-state index contributed by atoms with van der Waals surface area (Å²) >= 11 is 0. The maximum atomic E-state index is 11.7. The summed E-state index contributed by atoms with van der Waals surface area (Å²) in [5.41, 5.74) is 2.19. The lowest BCUT2D eigenvalue weighted by atomic mass is 9.96. The van der Waals surface area contributed by atoms with Gasteiger partial charge in [0.05, 0.1) is 28.4 Å². The second-order valence-electron chi connectivity index (χ2n) is 5.20. The summed E-state index contributed by atoms with van der Waals surface area (Å²) in [5, 5.41) is 0. The van der Waals surface area contributed by atoms with E-state index in [1.807, 2.05) is 13.0 Å². The maximum Gasteiger partial charge on any atom is 0.322 e. The van der Waals surface area contributed by atoms with Crippen LogP contribution >= 0.6 is 0 Å². The van der Waals surface area contributed by atoms with Gasteiger partial charge >= 0.3 is 5.97 Å². The number of benzene rings is 1. The van der Waals surface area contributed by atoms with Crippen molar-refractivity contribution in [2.75, 3.05) is 35.0 Å². The zero-order valence-corrected chi connectivity index (χ0v) is 13.8. The van der Waals surface area contributed by atoms with E-state index in [9.17, 15) is 4.79 Å². The molecule has 0 aromatic heterocycles. The molecule has 0 saturated heterocycles. The third-order valence-electron chi connectivity index (χ3n) is 4.14. The normalized spacial score (nSPS) is 15.7. The van der Waals surface area contributed by atoms with Crippen molar-refractivity contribution in [2.45, 2.75) is 25.9 Å². The van der Waals surface area contributed by atoms with Crippen molar-refractivity contribution in [1.29, 1.82) is 0 Å². The third-order valence-corrected chi connectivity index (χ3v) is 4.14. The molecule has 0 bridgehead atoms. The highest BCUT2D eigenvalue weighted by Crippen LogP contribution is 2.43. The molecule has 1 atom stereocenters. The molecule has 1 unspecified atom stereocenters. The minimum Gasteiger partial charge on any atom is -0.493 e. The minimum atomic E-state index is -0.280. The Morgan fingerprint density at radius 2 is 1.82 bits per heavy atom. The fourth-order valence-corrected chi connectivity index (χ4v) is 2.89. The summed E-state index contributed by atoms with van der Waals surface area (Å²) in [6, 6.07) is 1.67. The SMILES string of the molecule is COC(=O)C(C)N1CCc2c(cc(OC)c(OC)c2OC)C1. The molecule has 1 aliphatic rings. The standard InChI is InChI=1S/C16H23NO5/c1-10(16(18)22-5)17-7-6-12-11(9-17)8-13(19-2)15(21-4)14(12)20-3/h8,10H,6-7,9H2,1-5H3. The van der Waals surface area contributed by atoms with Gasteiger partial charge in [-0.1, -0.05) is 0 Å². The van der Waals surface area contributed by atoms with E-state index in [2.05, 4.69) is 4.90 Å². The van der Waals surface area contributed by atoms with Crippen molar-refractivity contribution in [1.82, 2.24) is 4.90 Å². The number of nitrogens with zero attached hydrogens (tertiary/aromatic N) is 1. The van der Waals surface area contributed by atoms with Crippen LogP contribution in [-0.4, -0.2) is 51.9 Å². The molecule has 1 heterocycles. The Morgan fingerprint density at radius 3 is 2.36 bits per heavy atom. The summed E-state index contributed by atoms with van der Waals surface area (Å²) in [6.45, 7) is 3.26. The first-order valence-corrected chi connectivity index (χ1v) is 7.19. The molecule has 6 nitrogen and oxygen atoms in total. The van der Waals surface area contributed by atoms with Crippen LogP contribution in [0.5, 0.6) is 17.2 Å². The average molecular weight is 309 g/mol. The molecule has 0 saturated carbocycles. The Balaban J connectivity index is 2.38. The van der Waals surface area contributed by atoms with Crippen LogP contribution in [0.4, 0.5) is 0 Å². The lowest BCUT2D eigenvalue weighted by Gasteiger charge is -2.33. The smallest absolute Gasteiger partial charge is 0.322 e. The van der Waals surface area contributed by atoms with E-state index in [1.54, 1.807) is 21.3 Å². The monoisotopic (exact) mass is 309 g/mol. The molecule has 0 spiro atoms. The number of carbonyl (C=O) groups is 1. The lowest BCUT2D eigenvalue weighted by Crippen LogP contribution is -2.42. The van der Waals surface area contributed by atoms with Crippen LogP contribution in [-0.2, 0) is 22.5 Å². The maximum absolute atomic E-state index is 11.7. The van der Waals surface area contributed by atoms with Gasteiger partial charge in [0.15, 0.2) is 11.5 Å². The topological polar surface area (TPSA) is 57.2 Å². The molecule has 0 fully saturated rings. The molecule has 22 heavy (non-hydrogen) atoms. The summed E-state index contributed by atoms with van der Waals surface area (Å²) in [5.74, 6) is 1.72. The Hall–Kier alpha value is -1.95. The molecular weight excluding hydrogens is 286 g/mol. The van der Waals surface area contributed by atoms with Crippen LogP contribution in [0, 0.1) is 0 Å². The quantitative estimate of drug-likeness (QED) is 0.771. The molecule has 0 N–H and O–H groups in total. The number of rotatable bonds is 5. The third kappa shape index (κ3) is 2.83. The predicted octanol–water partition coefficient (Wildman–Crippen LogP) is 1.63. The van der Waals surface area contributed by atoms with Crippen molar-refractivity contribution < 1.29 is 23.7 Å². The lowest BCUT2D eigenvalue weighted by molar-refractivity contribution is -0.146. The average Bonchev–Trinajstić information content (AvgIpc) is 2.57. The van der Waals surface area contributed by atoms with Gasteiger partial charge in [-0.05, 0) is 25.0 Å². The Morgan fingerprint density at radius 1 is 1.14 bits per heavy atom. The van der Waals surface area contributed by atoms with Crippen molar-refractivity contribution in [3.63, 3.8) is 0 Å². The second kappa shape index (κ2) is 6.87. The zero-order valence-electron chi connectivity index (χ0n) is 13.8. The molecule has 0 radical (unpaired) electrons. The van der Waals surface area contributed by atoms with Gasteiger partial charge < -0.3 is 18.9 Å². The molecule has 0 amide bonds. The van der Waals surface area contributed by atoms with Crippen LogP contribution in [0.25, 0.3) is 0 Å². The summed E-state index contributed by atoms with van der Waals surface area (Å²) < 4.78 is 21.2. The van der Waals surface area contributed by atoms with Crippen LogP contribution in [0.15, 0.2) is 6.07 Å². The van der Waals surface area contributed by atoms with E-state index in [-0.39, 0.29) is 12.0 Å². The van der Waals surface area contributed by atoms with Gasteiger partial charge in [0.25, 0.3) is 0 Å². The van der Waals surface area contributed by atoms with Crippen molar-refractivity contribution in [3.05, 3.63) is 17.2 Å². The number of ether oxygens (including phenoxy) is 4. The van der Waals surface area contributed by atoms with Gasteiger partial charge in [-0.15, -0.1) is 0 Å². The van der Waals surface area contributed by atoms with Gasteiger partial charge in [-0.3, -0.25) is 9.69 Å². The van der Waals surface area contributed by atoms with Gasteiger partial charge in [0.1, 0.15) is 6.04 Å². The fraction of sp³-hybridized carbons (Fsp3) is 0.562. The number of hydrogen-bond donors (Lipinski definition) is 0. The molecular formula is C16H23NO5.